The Hall–Kier alpha value is -2.62. The minimum atomic E-state index is -0.470. The Morgan fingerprint density at radius 2 is 1.67 bits per heavy atom. The van der Waals surface area contributed by atoms with Crippen molar-refractivity contribution in [2.45, 2.75) is 53.1 Å². The monoisotopic (exact) mass is 366 g/mol. The number of nitrogens with one attached hydrogen (secondary N) is 1. The Bertz CT molecular complexity index is 768. The third-order valence-electron chi connectivity index (χ3n) is 4.81. The van der Waals surface area contributed by atoms with Gasteiger partial charge in [0.15, 0.2) is 0 Å². The van der Waals surface area contributed by atoms with E-state index in [-0.39, 0.29) is 11.8 Å². The van der Waals surface area contributed by atoms with Crippen molar-refractivity contribution < 1.29 is 9.59 Å². The molecule has 144 valence electrons. The number of hydrogen-bond acceptors (Lipinski definition) is 2. The van der Waals surface area contributed by atoms with E-state index < -0.39 is 6.04 Å². The van der Waals surface area contributed by atoms with E-state index in [4.69, 9.17) is 0 Å². The molecule has 1 unspecified atom stereocenters. The van der Waals surface area contributed by atoms with Gasteiger partial charge in [0.2, 0.25) is 11.8 Å². The van der Waals surface area contributed by atoms with Crippen LogP contribution in [0.1, 0.15) is 42.5 Å². The highest BCUT2D eigenvalue weighted by Crippen LogP contribution is 2.16. The van der Waals surface area contributed by atoms with Gasteiger partial charge in [-0.25, -0.2) is 0 Å². The zero-order valence-corrected chi connectivity index (χ0v) is 16.8. The summed E-state index contributed by atoms with van der Waals surface area (Å²) in [6.07, 6.45) is 0.881. The van der Waals surface area contributed by atoms with Crippen molar-refractivity contribution in [2.24, 2.45) is 0 Å². The van der Waals surface area contributed by atoms with Crippen LogP contribution >= 0.6 is 0 Å². The second-order valence-corrected chi connectivity index (χ2v) is 6.93. The van der Waals surface area contributed by atoms with Crippen molar-refractivity contribution >= 4 is 11.8 Å². The fourth-order valence-electron chi connectivity index (χ4n) is 3.17. The Labute approximate surface area is 162 Å². The summed E-state index contributed by atoms with van der Waals surface area (Å²) in [6.45, 7) is 8.87. The molecule has 4 nitrogen and oxygen atoms in total. The van der Waals surface area contributed by atoms with Crippen molar-refractivity contribution in [3.8, 4) is 0 Å². The number of rotatable bonds is 8. The molecular formula is C23H30N2O2. The summed E-state index contributed by atoms with van der Waals surface area (Å²) in [5.74, 6) is -0.117. The van der Waals surface area contributed by atoms with Crippen LogP contribution in [-0.2, 0) is 22.6 Å². The Kier molecular flexibility index (Phi) is 7.59. The van der Waals surface area contributed by atoms with Crippen molar-refractivity contribution in [1.29, 1.82) is 0 Å². The van der Waals surface area contributed by atoms with Crippen LogP contribution in [0.3, 0.4) is 0 Å². The Morgan fingerprint density at radius 3 is 2.26 bits per heavy atom. The average Bonchev–Trinajstić information content (AvgIpc) is 2.65. The Morgan fingerprint density at radius 1 is 1.00 bits per heavy atom. The van der Waals surface area contributed by atoms with Crippen LogP contribution in [-0.4, -0.2) is 29.3 Å². The quantitative estimate of drug-likeness (QED) is 0.773. The van der Waals surface area contributed by atoms with Gasteiger partial charge in [-0.15, -0.1) is 0 Å². The molecule has 0 aliphatic rings. The minimum Gasteiger partial charge on any atom is -0.355 e. The van der Waals surface area contributed by atoms with E-state index in [2.05, 4.69) is 5.32 Å². The third kappa shape index (κ3) is 5.68. The number of amides is 2. The van der Waals surface area contributed by atoms with Gasteiger partial charge >= 0.3 is 0 Å². The highest BCUT2D eigenvalue weighted by Gasteiger charge is 2.28. The van der Waals surface area contributed by atoms with Crippen LogP contribution in [0.2, 0.25) is 0 Å². The second kappa shape index (κ2) is 9.91. The molecule has 0 saturated carbocycles. The first kappa shape index (κ1) is 20.7. The first-order valence-electron chi connectivity index (χ1n) is 9.63. The van der Waals surface area contributed by atoms with Crippen LogP contribution in [0.25, 0.3) is 0 Å². The molecule has 0 bridgehead atoms. The molecule has 2 aromatic carbocycles. The first-order valence-corrected chi connectivity index (χ1v) is 9.63. The molecule has 0 spiro atoms. The molecule has 0 saturated heterocycles. The van der Waals surface area contributed by atoms with Gasteiger partial charge in [-0.1, -0.05) is 61.0 Å². The largest absolute Gasteiger partial charge is 0.355 e. The lowest BCUT2D eigenvalue weighted by atomic mass is 10.0. The zero-order valence-electron chi connectivity index (χ0n) is 16.8. The smallest absolute Gasteiger partial charge is 0.242 e. The lowest BCUT2D eigenvalue weighted by Gasteiger charge is -2.31. The van der Waals surface area contributed by atoms with Gasteiger partial charge in [-0.05, 0) is 43.9 Å². The summed E-state index contributed by atoms with van der Waals surface area (Å²) in [4.78, 5) is 27.5. The molecule has 0 aliphatic heterocycles. The molecule has 0 radical (unpaired) electrons. The van der Waals surface area contributed by atoms with Crippen molar-refractivity contribution in [1.82, 2.24) is 10.2 Å². The van der Waals surface area contributed by atoms with E-state index in [1.165, 1.54) is 5.56 Å². The molecule has 4 heteroatoms. The lowest BCUT2D eigenvalue weighted by molar-refractivity contribution is -0.140. The summed E-state index contributed by atoms with van der Waals surface area (Å²) in [7, 11) is 0. The van der Waals surface area contributed by atoms with E-state index in [1.54, 1.807) is 4.90 Å². The lowest BCUT2D eigenvalue weighted by Crippen LogP contribution is -2.49. The van der Waals surface area contributed by atoms with Crippen LogP contribution < -0.4 is 5.32 Å². The highest BCUT2D eigenvalue weighted by atomic mass is 16.2. The molecular weight excluding hydrogens is 336 g/mol. The van der Waals surface area contributed by atoms with Gasteiger partial charge in [0, 0.05) is 13.1 Å². The molecule has 2 rings (SSSR count). The highest BCUT2D eigenvalue weighted by molar-refractivity contribution is 5.88. The molecule has 0 aromatic heterocycles. The average molecular weight is 367 g/mol. The van der Waals surface area contributed by atoms with Crippen molar-refractivity contribution in [2.75, 3.05) is 6.54 Å². The van der Waals surface area contributed by atoms with Gasteiger partial charge in [-0.2, -0.15) is 0 Å². The molecule has 2 amide bonds. The normalized spacial score (nSPS) is 11.7. The summed E-state index contributed by atoms with van der Waals surface area (Å²) >= 11 is 0. The predicted molar refractivity (Wildman–Crippen MR) is 109 cm³/mol. The molecule has 27 heavy (non-hydrogen) atoms. The fraction of sp³-hybridized carbons (Fsp3) is 0.391. The van der Waals surface area contributed by atoms with Gasteiger partial charge in [-0.3, -0.25) is 9.59 Å². The number of likely N-dealkylation sites (N-methyl/N-ethyl adjacent to an activating group) is 1. The zero-order chi connectivity index (χ0) is 19.8. The fourth-order valence-corrected chi connectivity index (χ4v) is 3.17. The minimum absolute atomic E-state index is 0.0250. The molecule has 2 aromatic rings. The van der Waals surface area contributed by atoms with Gasteiger partial charge < -0.3 is 10.2 Å². The number of benzene rings is 2. The standard InChI is InChI=1S/C23H30N2O2/c1-5-21(23(27)24-6-2)25(16-19-13-11-17(3)12-14-19)22(26)15-20-10-8-7-9-18(20)4/h7-14,21H,5-6,15-16H2,1-4H3,(H,24,27). The van der Waals surface area contributed by atoms with E-state index >= 15 is 0 Å². The van der Waals surface area contributed by atoms with Crippen LogP contribution in [0, 0.1) is 13.8 Å². The SMILES string of the molecule is CCNC(=O)C(CC)N(Cc1ccc(C)cc1)C(=O)Cc1ccccc1C. The van der Waals surface area contributed by atoms with Gasteiger partial charge in [0.25, 0.3) is 0 Å². The third-order valence-corrected chi connectivity index (χ3v) is 4.81. The second-order valence-electron chi connectivity index (χ2n) is 6.93. The summed E-state index contributed by atoms with van der Waals surface area (Å²) in [5.41, 5.74) is 4.29. The molecule has 1 atom stereocenters. The number of carbonyl (C=O) groups excluding carboxylic acids is 2. The van der Waals surface area contributed by atoms with Gasteiger partial charge in [0.1, 0.15) is 6.04 Å². The number of nitrogens with zero attached hydrogens (tertiary/aromatic N) is 1. The molecule has 0 fully saturated rings. The summed E-state index contributed by atoms with van der Waals surface area (Å²) in [5, 5.41) is 2.87. The van der Waals surface area contributed by atoms with E-state index in [0.717, 1.165) is 16.7 Å². The van der Waals surface area contributed by atoms with E-state index in [1.807, 2.05) is 76.2 Å². The summed E-state index contributed by atoms with van der Waals surface area (Å²) < 4.78 is 0. The molecule has 1 N–H and O–H groups in total. The number of carbonyl (C=O) groups is 2. The number of hydrogen-bond donors (Lipinski definition) is 1. The van der Waals surface area contributed by atoms with Crippen LogP contribution in [0.5, 0.6) is 0 Å². The number of aryl methyl sites for hydroxylation is 2. The van der Waals surface area contributed by atoms with Gasteiger partial charge in [0.05, 0.1) is 6.42 Å². The molecule has 0 heterocycles. The van der Waals surface area contributed by atoms with Crippen molar-refractivity contribution in [3.63, 3.8) is 0 Å². The maximum absolute atomic E-state index is 13.2. The van der Waals surface area contributed by atoms with Crippen molar-refractivity contribution in [3.05, 3.63) is 70.8 Å². The predicted octanol–water partition coefficient (Wildman–Crippen LogP) is 3.79. The maximum Gasteiger partial charge on any atom is 0.242 e. The Balaban J connectivity index is 2.29. The maximum atomic E-state index is 13.2. The van der Waals surface area contributed by atoms with E-state index in [0.29, 0.717) is 25.9 Å². The van der Waals surface area contributed by atoms with Crippen LogP contribution in [0.15, 0.2) is 48.5 Å². The molecule has 0 aliphatic carbocycles. The topological polar surface area (TPSA) is 49.4 Å². The van der Waals surface area contributed by atoms with E-state index in [9.17, 15) is 9.59 Å². The summed E-state index contributed by atoms with van der Waals surface area (Å²) in [6, 6.07) is 15.5. The first-order chi connectivity index (χ1) is 13.0. The van der Waals surface area contributed by atoms with Crippen LogP contribution in [0.4, 0.5) is 0 Å².